The number of carbonyl (C=O) groups is 1. The summed E-state index contributed by atoms with van der Waals surface area (Å²) in [6, 6.07) is 4.56. The minimum Gasteiger partial charge on any atom is -0.494 e. The molecule has 0 aliphatic rings. The van der Waals surface area contributed by atoms with Crippen molar-refractivity contribution in [3.05, 3.63) is 23.8 Å². The van der Waals surface area contributed by atoms with Crippen LogP contribution in [0.2, 0.25) is 0 Å². The Morgan fingerprint density at radius 1 is 1.45 bits per heavy atom. The van der Waals surface area contributed by atoms with Gasteiger partial charge in [0.25, 0.3) is 0 Å². The van der Waals surface area contributed by atoms with Crippen LogP contribution in [0.15, 0.2) is 23.1 Å². The van der Waals surface area contributed by atoms with Crippen LogP contribution in [-0.4, -0.2) is 38.8 Å². The number of nitrogens with two attached hydrogens (primary N) is 1. The van der Waals surface area contributed by atoms with Crippen molar-refractivity contribution >= 4 is 15.9 Å². The number of hydrazine groups is 1. The number of ether oxygens (including phenoxy) is 1. The molecular weight excluding hydrogens is 282 g/mol. The fraction of sp³-hybridized carbons (Fsp3) is 0.417. The normalized spacial score (nSPS) is 11.4. The van der Waals surface area contributed by atoms with Crippen molar-refractivity contribution in [3.8, 4) is 5.75 Å². The van der Waals surface area contributed by atoms with E-state index in [-0.39, 0.29) is 11.4 Å². The van der Waals surface area contributed by atoms with Gasteiger partial charge in [-0.25, -0.2) is 14.3 Å². The molecule has 0 bridgehead atoms. The van der Waals surface area contributed by atoms with E-state index in [0.717, 1.165) is 4.31 Å². The summed E-state index contributed by atoms with van der Waals surface area (Å²) in [7, 11) is -2.42. The third-order valence-corrected chi connectivity index (χ3v) is 4.48. The van der Waals surface area contributed by atoms with Crippen LogP contribution in [0.25, 0.3) is 0 Å². The Hall–Kier alpha value is -1.64. The molecule has 3 N–H and O–H groups in total. The van der Waals surface area contributed by atoms with Gasteiger partial charge in [0.05, 0.1) is 18.0 Å². The lowest BCUT2D eigenvalue weighted by molar-refractivity contribution is -0.121. The van der Waals surface area contributed by atoms with Crippen LogP contribution in [0.3, 0.4) is 0 Å². The Balaban J connectivity index is 3.03. The molecule has 0 saturated carbocycles. The molecule has 7 nitrogen and oxygen atoms in total. The highest BCUT2D eigenvalue weighted by Gasteiger charge is 2.23. The second kappa shape index (κ2) is 6.69. The maximum Gasteiger partial charge on any atom is 0.249 e. The summed E-state index contributed by atoms with van der Waals surface area (Å²) in [4.78, 5) is 11.2. The molecule has 1 rings (SSSR count). The van der Waals surface area contributed by atoms with Crippen LogP contribution in [-0.2, 0) is 14.8 Å². The second-order valence-electron chi connectivity index (χ2n) is 4.19. The molecule has 8 heteroatoms. The zero-order chi connectivity index (χ0) is 15.3. The van der Waals surface area contributed by atoms with Crippen LogP contribution < -0.4 is 16.0 Å². The lowest BCUT2D eigenvalue weighted by Gasteiger charge is -2.17. The zero-order valence-electron chi connectivity index (χ0n) is 11.7. The van der Waals surface area contributed by atoms with Gasteiger partial charge in [0, 0.05) is 7.05 Å². The van der Waals surface area contributed by atoms with Crippen molar-refractivity contribution in [2.24, 2.45) is 5.84 Å². The summed E-state index contributed by atoms with van der Waals surface area (Å²) < 4.78 is 30.8. The highest BCUT2D eigenvalue weighted by atomic mass is 32.2. The molecule has 20 heavy (non-hydrogen) atoms. The average Bonchev–Trinajstić information content (AvgIpc) is 2.40. The third kappa shape index (κ3) is 3.69. The van der Waals surface area contributed by atoms with E-state index < -0.39 is 15.9 Å². The number of sulfonamides is 1. The van der Waals surface area contributed by atoms with E-state index in [2.05, 4.69) is 0 Å². The summed E-state index contributed by atoms with van der Waals surface area (Å²) in [5, 5.41) is 0. The van der Waals surface area contributed by atoms with Crippen LogP contribution in [0.4, 0.5) is 0 Å². The maximum atomic E-state index is 12.3. The first-order chi connectivity index (χ1) is 9.32. The Morgan fingerprint density at radius 2 is 2.10 bits per heavy atom. The minimum atomic E-state index is -3.74. The molecule has 0 unspecified atom stereocenters. The SMILES string of the molecule is CCOc1ccc(S(=O)(=O)N(C)CC(=O)NN)cc1C. The van der Waals surface area contributed by atoms with Gasteiger partial charge < -0.3 is 4.74 Å². The van der Waals surface area contributed by atoms with E-state index in [4.69, 9.17) is 10.6 Å². The molecule has 1 aromatic carbocycles. The largest absolute Gasteiger partial charge is 0.494 e. The van der Waals surface area contributed by atoms with Gasteiger partial charge in [0.2, 0.25) is 15.9 Å². The fourth-order valence-electron chi connectivity index (χ4n) is 1.61. The number of carbonyl (C=O) groups excluding carboxylic acids is 1. The standard InChI is InChI=1S/C12H19N3O4S/c1-4-19-11-6-5-10(7-9(11)2)20(17,18)15(3)8-12(16)14-13/h5-7H,4,8,13H2,1-3H3,(H,14,16). The Bertz CT molecular complexity index is 586. The molecule has 0 heterocycles. The van der Waals surface area contributed by atoms with Crippen LogP contribution in [0.5, 0.6) is 5.75 Å². The molecule has 0 radical (unpaired) electrons. The molecule has 112 valence electrons. The predicted molar refractivity (Wildman–Crippen MR) is 74.5 cm³/mol. The van der Waals surface area contributed by atoms with E-state index in [1.165, 1.54) is 19.2 Å². The first-order valence-corrected chi connectivity index (χ1v) is 7.46. The smallest absolute Gasteiger partial charge is 0.249 e. The molecule has 1 amide bonds. The van der Waals surface area contributed by atoms with Crippen LogP contribution in [0, 0.1) is 6.92 Å². The summed E-state index contributed by atoms with van der Waals surface area (Å²) >= 11 is 0. The molecule has 0 saturated heterocycles. The van der Waals surface area contributed by atoms with Crippen molar-refractivity contribution in [1.29, 1.82) is 0 Å². The number of hydrogen-bond donors (Lipinski definition) is 2. The number of nitrogens with zero attached hydrogens (tertiary/aromatic N) is 1. The quantitative estimate of drug-likeness (QED) is 0.437. The van der Waals surface area contributed by atoms with Gasteiger partial charge in [-0.05, 0) is 37.6 Å². The molecule has 0 spiro atoms. The molecule has 0 fully saturated rings. The van der Waals surface area contributed by atoms with Gasteiger partial charge in [-0.15, -0.1) is 0 Å². The van der Waals surface area contributed by atoms with Crippen molar-refractivity contribution in [1.82, 2.24) is 9.73 Å². The Labute approximate surface area is 118 Å². The molecule has 0 atom stereocenters. The predicted octanol–water partition coefficient (Wildman–Crippen LogP) is 0.00412. The van der Waals surface area contributed by atoms with Crippen molar-refractivity contribution < 1.29 is 17.9 Å². The lowest BCUT2D eigenvalue weighted by atomic mass is 10.2. The van der Waals surface area contributed by atoms with Crippen LogP contribution in [0.1, 0.15) is 12.5 Å². The monoisotopic (exact) mass is 301 g/mol. The Morgan fingerprint density at radius 3 is 2.60 bits per heavy atom. The molecule has 0 aliphatic carbocycles. The number of benzene rings is 1. The number of likely N-dealkylation sites (N-methyl/N-ethyl adjacent to an activating group) is 1. The topological polar surface area (TPSA) is 102 Å². The van der Waals surface area contributed by atoms with Crippen molar-refractivity contribution in [3.63, 3.8) is 0 Å². The highest BCUT2D eigenvalue weighted by molar-refractivity contribution is 7.89. The van der Waals surface area contributed by atoms with Crippen molar-refractivity contribution in [2.45, 2.75) is 18.7 Å². The van der Waals surface area contributed by atoms with Gasteiger partial charge in [-0.2, -0.15) is 4.31 Å². The lowest BCUT2D eigenvalue weighted by Crippen LogP contribution is -2.41. The van der Waals surface area contributed by atoms with E-state index >= 15 is 0 Å². The van der Waals surface area contributed by atoms with E-state index in [9.17, 15) is 13.2 Å². The van der Waals surface area contributed by atoms with Gasteiger partial charge >= 0.3 is 0 Å². The number of aryl methyl sites for hydroxylation is 1. The van der Waals surface area contributed by atoms with Crippen LogP contribution >= 0.6 is 0 Å². The third-order valence-electron chi connectivity index (χ3n) is 2.68. The number of amides is 1. The summed E-state index contributed by atoms with van der Waals surface area (Å²) in [6.07, 6.45) is 0. The molecule has 0 aromatic heterocycles. The van der Waals surface area contributed by atoms with Crippen molar-refractivity contribution in [2.75, 3.05) is 20.2 Å². The molecule has 0 aliphatic heterocycles. The summed E-state index contributed by atoms with van der Waals surface area (Å²) in [5.74, 6) is 4.99. The number of hydrogen-bond acceptors (Lipinski definition) is 5. The number of rotatable bonds is 6. The Kier molecular flexibility index (Phi) is 5.49. The molecule has 1 aromatic rings. The van der Waals surface area contributed by atoms with Gasteiger partial charge in [-0.3, -0.25) is 10.2 Å². The highest BCUT2D eigenvalue weighted by Crippen LogP contribution is 2.23. The number of nitrogens with one attached hydrogen (secondary N) is 1. The maximum absolute atomic E-state index is 12.3. The zero-order valence-corrected chi connectivity index (χ0v) is 12.5. The van der Waals surface area contributed by atoms with E-state index in [1.807, 2.05) is 12.3 Å². The minimum absolute atomic E-state index is 0.103. The first kappa shape index (κ1) is 16.4. The first-order valence-electron chi connectivity index (χ1n) is 6.02. The van der Waals surface area contributed by atoms with Gasteiger partial charge in [0.1, 0.15) is 5.75 Å². The summed E-state index contributed by atoms with van der Waals surface area (Å²) in [5.41, 5.74) is 2.60. The summed E-state index contributed by atoms with van der Waals surface area (Å²) in [6.45, 7) is 3.77. The second-order valence-corrected chi connectivity index (χ2v) is 6.23. The van der Waals surface area contributed by atoms with Gasteiger partial charge in [-0.1, -0.05) is 0 Å². The molecular formula is C12H19N3O4S. The fourth-order valence-corrected chi connectivity index (χ4v) is 2.83. The van der Waals surface area contributed by atoms with E-state index in [0.29, 0.717) is 17.9 Å². The average molecular weight is 301 g/mol. The van der Waals surface area contributed by atoms with Gasteiger partial charge in [0.15, 0.2) is 0 Å². The van der Waals surface area contributed by atoms with E-state index in [1.54, 1.807) is 13.0 Å².